The third-order valence-corrected chi connectivity index (χ3v) is 9.28. The van der Waals surface area contributed by atoms with Crippen LogP contribution in [-0.4, -0.2) is 91.2 Å². The van der Waals surface area contributed by atoms with Gasteiger partial charge in [-0.25, -0.2) is 8.78 Å². The molecule has 0 aromatic heterocycles. The molecule has 34 heavy (non-hydrogen) atoms. The van der Waals surface area contributed by atoms with Crippen molar-refractivity contribution in [2.45, 2.75) is 88.2 Å². The molecule has 1 amide bonds. The summed E-state index contributed by atoms with van der Waals surface area (Å²) in [6, 6.07) is -0.216. The van der Waals surface area contributed by atoms with Gasteiger partial charge in [0.25, 0.3) is 5.92 Å². The number of carboxylic acid groups (broad SMARTS) is 1. The fourth-order valence-electron chi connectivity index (χ4n) is 7.35. The van der Waals surface area contributed by atoms with Crippen LogP contribution in [-0.2, 0) is 14.2 Å². The van der Waals surface area contributed by atoms with E-state index >= 15 is 0 Å². The molecule has 7 nitrogen and oxygen atoms in total. The van der Waals surface area contributed by atoms with E-state index in [0.29, 0.717) is 32.0 Å². The summed E-state index contributed by atoms with van der Waals surface area (Å²) < 4.78 is 45.0. The van der Waals surface area contributed by atoms with Gasteiger partial charge in [0.05, 0.1) is 37.5 Å². The van der Waals surface area contributed by atoms with E-state index in [0.717, 1.165) is 25.7 Å². The molecule has 5 fully saturated rings. The minimum atomic E-state index is -2.59. The molecule has 0 bridgehead atoms. The Bertz CT molecular complexity index is 785. The Hall–Kier alpha value is -1.03. The highest BCUT2D eigenvalue weighted by atomic mass is 19.3. The third kappa shape index (κ3) is 4.24. The average Bonchev–Trinajstić information content (AvgIpc) is 3.62. The maximum Gasteiger partial charge on any atom is 0.272 e. The zero-order chi connectivity index (χ0) is 24.5. The molecule has 4 aliphatic heterocycles. The number of halogens is 2. The van der Waals surface area contributed by atoms with Gasteiger partial charge < -0.3 is 29.0 Å². The Morgan fingerprint density at radius 3 is 2.53 bits per heavy atom. The van der Waals surface area contributed by atoms with Crippen LogP contribution >= 0.6 is 0 Å². The summed E-state index contributed by atoms with van der Waals surface area (Å²) in [5, 5.41) is 11.9. The third-order valence-electron chi connectivity index (χ3n) is 9.28. The number of epoxide rings is 2. The number of ether oxygens (including phenoxy) is 3. The summed E-state index contributed by atoms with van der Waals surface area (Å²) in [4.78, 5) is 15.1. The quantitative estimate of drug-likeness (QED) is 0.467. The minimum absolute atomic E-state index is 0.00563. The predicted molar refractivity (Wildman–Crippen MR) is 118 cm³/mol. The van der Waals surface area contributed by atoms with Crippen molar-refractivity contribution in [1.29, 1.82) is 0 Å². The van der Waals surface area contributed by atoms with Crippen LogP contribution in [0.15, 0.2) is 0 Å². The number of amides is 1. The highest BCUT2D eigenvalue weighted by Crippen LogP contribution is 2.61. The van der Waals surface area contributed by atoms with E-state index in [1.54, 1.807) is 12.0 Å². The summed E-state index contributed by atoms with van der Waals surface area (Å²) in [6.07, 6.45) is 3.30. The van der Waals surface area contributed by atoms with Gasteiger partial charge in [-0.15, -0.1) is 0 Å². The summed E-state index contributed by atoms with van der Waals surface area (Å²) in [6.45, 7) is 7.86. The van der Waals surface area contributed by atoms with Crippen LogP contribution < -0.4 is 5.11 Å². The summed E-state index contributed by atoms with van der Waals surface area (Å²) in [5.74, 6) is -1.81. The standard InChI is InChI=1S/C25H40F2N2O5/c1-15(2)5-6-18-23(3,34-18)21-20(32-4)17(7-9-24(21)14-33-24)19-16(11-29(19)22(30)31)8-10-28-12-25(26,27)13-28/h15-21H,5-14H2,1-4H3,(H,30,31)/p-1/t16-,17-,18-,19?,20+,21-,23+,24?/m1/s1. The molecular formula is C25H39F2N2O5-. The van der Waals surface area contributed by atoms with Crippen LogP contribution in [0, 0.1) is 23.7 Å². The number of alkyl halides is 2. The zero-order valence-corrected chi connectivity index (χ0v) is 20.8. The monoisotopic (exact) mass is 485 g/mol. The number of rotatable bonds is 9. The Morgan fingerprint density at radius 2 is 1.97 bits per heavy atom. The molecule has 1 spiro atoms. The molecule has 5 aliphatic rings. The number of hydrogen-bond acceptors (Lipinski definition) is 6. The molecule has 0 aromatic rings. The first-order valence-electron chi connectivity index (χ1n) is 12.9. The average molecular weight is 486 g/mol. The van der Waals surface area contributed by atoms with E-state index in [-0.39, 0.29) is 60.3 Å². The first kappa shape index (κ1) is 24.7. The van der Waals surface area contributed by atoms with Gasteiger partial charge in [0.15, 0.2) is 0 Å². The Kier molecular flexibility index (Phi) is 6.18. The van der Waals surface area contributed by atoms with Gasteiger partial charge in [-0.1, -0.05) is 13.8 Å². The fourth-order valence-corrected chi connectivity index (χ4v) is 7.35. The van der Waals surface area contributed by atoms with Gasteiger partial charge in [-0.05, 0) is 57.4 Å². The van der Waals surface area contributed by atoms with E-state index in [9.17, 15) is 18.7 Å². The Morgan fingerprint density at radius 1 is 1.26 bits per heavy atom. The van der Waals surface area contributed by atoms with Crippen LogP contribution in [0.25, 0.3) is 0 Å². The van der Waals surface area contributed by atoms with Crippen molar-refractivity contribution >= 4 is 6.09 Å². The Balaban J connectivity index is 1.31. The second kappa shape index (κ2) is 8.53. The first-order chi connectivity index (χ1) is 16.0. The lowest BCUT2D eigenvalue weighted by atomic mass is 9.60. The van der Waals surface area contributed by atoms with Gasteiger partial charge in [0, 0.05) is 31.5 Å². The van der Waals surface area contributed by atoms with Gasteiger partial charge in [0.2, 0.25) is 0 Å². The van der Waals surface area contributed by atoms with Crippen LogP contribution in [0.3, 0.4) is 0 Å². The van der Waals surface area contributed by atoms with E-state index in [4.69, 9.17) is 14.2 Å². The fraction of sp³-hybridized carbons (Fsp3) is 0.960. The number of carbonyl (C=O) groups is 1. The van der Waals surface area contributed by atoms with E-state index in [2.05, 4.69) is 20.8 Å². The molecule has 0 N–H and O–H groups in total. The zero-order valence-electron chi connectivity index (χ0n) is 20.8. The van der Waals surface area contributed by atoms with Gasteiger partial charge in [-0.2, -0.15) is 0 Å². The topological polar surface area (TPSA) is 80.9 Å². The van der Waals surface area contributed by atoms with Crippen LogP contribution in [0.1, 0.15) is 52.9 Å². The molecule has 8 atom stereocenters. The number of carbonyl (C=O) groups excluding carboxylic acids is 1. The van der Waals surface area contributed by atoms with Crippen molar-refractivity contribution in [1.82, 2.24) is 9.80 Å². The molecule has 1 saturated carbocycles. The molecule has 1 aliphatic carbocycles. The molecule has 9 heteroatoms. The molecular weight excluding hydrogens is 446 g/mol. The number of nitrogens with zero attached hydrogens (tertiary/aromatic N) is 2. The van der Waals surface area contributed by atoms with E-state index in [1.165, 1.54) is 4.90 Å². The van der Waals surface area contributed by atoms with E-state index in [1.807, 2.05) is 0 Å². The number of methoxy groups -OCH3 is 1. The lowest BCUT2D eigenvalue weighted by Crippen LogP contribution is -2.69. The lowest BCUT2D eigenvalue weighted by Gasteiger charge is -2.58. The molecule has 4 heterocycles. The van der Waals surface area contributed by atoms with E-state index < -0.39 is 12.0 Å². The van der Waals surface area contributed by atoms with Crippen molar-refractivity contribution in [2.24, 2.45) is 23.7 Å². The van der Waals surface area contributed by atoms with Crippen molar-refractivity contribution in [2.75, 3.05) is 39.9 Å². The molecule has 5 rings (SSSR count). The van der Waals surface area contributed by atoms with Crippen LogP contribution in [0.5, 0.6) is 0 Å². The minimum Gasteiger partial charge on any atom is -0.530 e. The second-order valence-electron chi connectivity index (χ2n) is 12.0. The summed E-state index contributed by atoms with van der Waals surface area (Å²) >= 11 is 0. The number of hydrogen-bond donors (Lipinski definition) is 0. The molecule has 0 aromatic carbocycles. The lowest BCUT2D eigenvalue weighted by molar-refractivity contribution is -0.281. The van der Waals surface area contributed by atoms with Crippen molar-refractivity contribution < 1.29 is 32.9 Å². The molecule has 0 radical (unpaired) electrons. The normalized spacial score (nSPS) is 45.2. The van der Waals surface area contributed by atoms with Crippen molar-refractivity contribution in [3.63, 3.8) is 0 Å². The van der Waals surface area contributed by atoms with Crippen LogP contribution in [0.4, 0.5) is 13.6 Å². The molecule has 2 unspecified atom stereocenters. The first-order valence-corrected chi connectivity index (χ1v) is 12.9. The smallest absolute Gasteiger partial charge is 0.272 e. The van der Waals surface area contributed by atoms with Crippen molar-refractivity contribution in [3.05, 3.63) is 0 Å². The maximum atomic E-state index is 13.2. The largest absolute Gasteiger partial charge is 0.530 e. The molecule has 194 valence electrons. The van der Waals surface area contributed by atoms with Gasteiger partial charge in [0.1, 0.15) is 11.7 Å². The Labute approximate surface area is 201 Å². The van der Waals surface area contributed by atoms with Crippen molar-refractivity contribution in [3.8, 4) is 0 Å². The number of likely N-dealkylation sites (tertiary alicyclic amines) is 2. The predicted octanol–water partition coefficient (Wildman–Crippen LogP) is 2.38. The summed E-state index contributed by atoms with van der Waals surface area (Å²) in [5.41, 5.74) is -0.577. The van der Waals surface area contributed by atoms with Gasteiger partial charge in [-0.3, -0.25) is 4.90 Å². The second-order valence-corrected chi connectivity index (χ2v) is 12.0. The summed E-state index contributed by atoms with van der Waals surface area (Å²) in [7, 11) is 1.71. The maximum absolute atomic E-state index is 13.2. The highest BCUT2D eigenvalue weighted by Gasteiger charge is 2.72. The van der Waals surface area contributed by atoms with Gasteiger partial charge >= 0.3 is 0 Å². The SMILES string of the molecule is CO[C@H]1[C@@H](C2[C@H](CCN3CC(F)(F)C3)CN2C(=O)[O-])CCC2(CO2)[C@H]1[C@@]1(C)O[C@@H]1CCC(C)C. The molecule has 4 saturated heterocycles. The highest BCUT2D eigenvalue weighted by molar-refractivity contribution is 5.64. The van der Waals surface area contributed by atoms with Crippen LogP contribution in [0.2, 0.25) is 0 Å².